The van der Waals surface area contributed by atoms with Crippen LogP contribution in [0, 0.1) is 5.92 Å². The van der Waals surface area contributed by atoms with Gasteiger partial charge in [-0.1, -0.05) is 6.07 Å². The van der Waals surface area contributed by atoms with Gasteiger partial charge >= 0.3 is 0 Å². The summed E-state index contributed by atoms with van der Waals surface area (Å²) in [6.07, 6.45) is 2.24. The Hall–Kier alpha value is -3.63. The van der Waals surface area contributed by atoms with E-state index >= 15 is 0 Å². The molecule has 2 fully saturated rings. The highest BCUT2D eigenvalue weighted by atomic mass is 16.5. The average molecular weight is 538 g/mol. The van der Waals surface area contributed by atoms with E-state index < -0.39 is 0 Å². The van der Waals surface area contributed by atoms with E-state index in [-0.39, 0.29) is 54.9 Å². The predicted octanol–water partition coefficient (Wildman–Crippen LogP) is 3.47. The van der Waals surface area contributed by atoms with Gasteiger partial charge in [-0.05, 0) is 56.0 Å². The van der Waals surface area contributed by atoms with Gasteiger partial charge in [-0.25, -0.2) is 0 Å². The second kappa shape index (κ2) is 12.0. The summed E-state index contributed by atoms with van der Waals surface area (Å²) in [4.78, 5) is 40.6. The molecular formula is C29H35N3O7. The average Bonchev–Trinajstić information content (AvgIpc) is 2.95. The van der Waals surface area contributed by atoms with Crippen molar-refractivity contribution in [2.45, 2.75) is 50.4 Å². The van der Waals surface area contributed by atoms with Crippen LogP contribution in [-0.4, -0.2) is 74.8 Å². The SMILES string of the molecule is COc1cccc(NC(=O)C[C@@H]2CC[C@@H]3[C@@H](COc4ccc(NC(=O)C5CCOCC5)cc4C(=O)N3C)O2)c1. The third-order valence-corrected chi connectivity index (χ3v) is 7.64. The molecule has 2 aromatic carbocycles. The third-order valence-electron chi connectivity index (χ3n) is 7.64. The summed E-state index contributed by atoms with van der Waals surface area (Å²) in [5.74, 6) is 0.603. The Balaban J connectivity index is 1.22. The number of nitrogens with one attached hydrogen (secondary N) is 2. The van der Waals surface area contributed by atoms with Crippen molar-refractivity contribution in [1.29, 1.82) is 0 Å². The minimum atomic E-state index is -0.372. The number of methoxy groups -OCH3 is 1. The maximum Gasteiger partial charge on any atom is 0.257 e. The lowest BCUT2D eigenvalue weighted by Gasteiger charge is -2.42. The lowest BCUT2D eigenvalue weighted by Crippen LogP contribution is -2.53. The van der Waals surface area contributed by atoms with Crippen molar-refractivity contribution < 1.29 is 33.3 Å². The van der Waals surface area contributed by atoms with E-state index in [4.69, 9.17) is 18.9 Å². The summed E-state index contributed by atoms with van der Waals surface area (Å²) in [6.45, 7) is 1.41. The largest absolute Gasteiger partial charge is 0.497 e. The van der Waals surface area contributed by atoms with E-state index in [1.165, 1.54) is 0 Å². The molecule has 2 saturated heterocycles. The van der Waals surface area contributed by atoms with Crippen molar-refractivity contribution in [2.24, 2.45) is 5.92 Å². The van der Waals surface area contributed by atoms with Gasteiger partial charge in [0.25, 0.3) is 5.91 Å². The molecule has 0 spiro atoms. The summed E-state index contributed by atoms with van der Waals surface area (Å²) < 4.78 is 22.9. The Kier molecular flexibility index (Phi) is 8.33. The zero-order valence-electron chi connectivity index (χ0n) is 22.3. The zero-order valence-corrected chi connectivity index (χ0v) is 22.3. The van der Waals surface area contributed by atoms with E-state index in [1.807, 2.05) is 12.1 Å². The summed E-state index contributed by atoms with van der Waals surface area (Å²) in [6, 6.07) is 12.1. The van der Waals surface area contributed by atoms with Crippen molar-refractivity contribution in [1.82, 2.24) is 4.90 Å². The minimum Gasteiger partial charge on any atom is -0.497 e. The van der Waals surface area contributed by atoms with Gasteiger partial charge in [-0.3, -0.25) is 14.4 Å². The van der Waals surface area contributed by atoms with E-state index in [0.29, 0.717) is 67.3 Å². The maximum absolute atomic E-state index is 13.5. The molecule has 0 radical (unpaired) electrons. The number of carbonyl (C=O) groups excluding carboxylic acids is 3. The van der Waals surface area contributed by atoms with Gasteiger partial charge in [-0.2, -0.15) is 0 Å². The van der Waals surface area contributed by atoms with Crippen LogP contribution < -0.4 is 20.1 Å². The third kappa shape index (κ3) is 6.34. The van der Waals surface area contributed by atoms with Gasteiger partial charge in [0, 0.05) is 43.6 Å². The molecule has 3 aliphatic heterocycles. The normalized spacial score (nSPS) is 23.4. The van der Waals surface area contributed by atoms with Crippen LogP contribution in [0.25, 0.3) is 0 Å². The molecule has 3 aliphatic rings. The molecular weight excluding hydrogens is 502 g/mol. The molecule has 0 bridgehead atoms. The second-order valence-electron chi connectivity index (χ2n) is 10.2. The molecule has 0 saturated carbocycles. The Morgan fingerprint density at radius 2 is 1.82 bits per heavy atom. The molecule has 10 heteroatoms. The van der Waals surface area contributed by atoms with Gasteiger partial charge in [-0.15, -0.1) is 0 Å². The monoisotopic (exact) mass is 537 g/mol. The van der Waals surface area contributed by atoms with Crippen molar-refractivity contribution >= 4 is 29.1 Å². The maximum atomic E-state index is 13.5. The van der Waals surface area contributed by atoms with E-state index in [1.54, 1.807) is 49.4 Å². The molecule has 0 aliphatic carbocycles. The van der Waals surface area contributed by atoms with Crippen LogP contribution in [0.15, 0.2) is 42.5 Å². The number of nitrogens with zero attached hydrogens (tertiary/aromatic N) is 1. The molecule has 5 rings (SSSR count). The second-order valence-corrected chi connectivity index (χ2v) is 10.2. The highest BCUT2D eigenvalue weighted by Gasteiger charge is 2.39. The topological polar surface area (TPSA) is 115 Å². The fraction of sp³-hybridized carbons (Fsp3) is 0.483. The van der Waals surface area contributed by atoms with Crippen molar-refractivity contribution in [3.8, 4) is 11.5 Å². The Morgan fingerprint density at radius 1 is 1.03 bits per heavy atom. The smallest absolute Gasteiger partial charge is 0.257 e. The van der Waals surface area contributed by atoms with Gasteiger partial charge in [0.05, 0.1) is 31.2 Å². The zero-order chi connectivity index (χ0) is 27.4. The first kappa shape index (κ1) is 27.0. The van der Waals surface area contributed by atoms with Crippen molar-refractivity contribution in [3.05, 3.63) is 48.0 Å². The van der Waals surface area contributed by atoms with E-state index in [2.05, 4.69) is 10.6 Å². The Labute approximate surface area is 227 Å². The molecule has 10 nitrogen and oxygen atoms in total. The summed E-state index contributed by atoms with van der Waals surface area (Å²) >= 11 is 0. The first-order valence-electron chi connectivity index (χ1n) is 13.4. The highest BCUT2D eigenvalue weighted by Crippen LogP contribution is 2.33. The quantitative estimate of drug-likeness (QED) is 0.580. The van der Waals surface area contributed by atoms with E-state index in [0.717, 1.165) is 0 Å². The highest BCUT2D eigenvalue weighted by molar-refractivity contribution is 6.00. The summed E-state index contributed by atoms with van der Waals surface area (Å²) in [7, 11) is 3.34. The molecule has 3 amide bonds. The Morgan fingerprint density at radius 3 is 2.62 bits per heavy atom. The molecule has 2 N–H and O–H groups in total. The number of ether oxygens (including phenoxy) is 4. The fourth-order valence-electron chi connectivity index (χ4n) is 5.43. The van der Waals surface area contributed by atoms with Crippen LogP contribution in [0.1, 0.15) is 42.5 Å². The molecule has 0 unspecified atom stereocenters. The summed E-state index contributed by atoms with van der Waals surface area (Å²) in [5.41, 5.74) is 1.63. The van der Waals surface area contributed by atoms with Crippen LogP contribution in [0.2, 0.25) is 0 Å². The van der Waals surface area contributed by atoms with E-state index in [9.17, 15) is 14.4 Å². The number of anilines is 2. The number of hydrogen-bond acceptors (Lipinski definition) is 7. The van der Waals surface area contributed by atoms with Crippen molar-refractivity contribution in [2.75, 3.05) is 44.6 Å². The van der Waals surface area contributed by atoms with Gasteiger partial charge in [0.2, 0.25) is 11.8 Å². The lowest BCUT2D eigenvalue weighted by atomic mass is 9.94. The Bertz CT molecular complexity index is 1210. The molecule has 39 heavy (non-hydrogen) atoms. The number of benzene rings is 2. The minimum absolute atomic E-state index is 0.0620. The van der Waals surface area contributed by atoms with Gasteiger partial charge in [0.1, 0.15) is 24.2 Å². The molecule has 3 atom stereocenters. The van der Waals surface area contributed by atoms with Crippen LogP contribution in [0.5, 0.6) is 11.5 Å². The van der Waals surface area contributed by atoms with Gasteiger partial charge < -0.3 is 34.5 Å². The van der Waals surface area contributed by atoms with Crippen molar-refractivity contribution in [3.63, 3.8) is 0 Å². The molecule has 0 aromatic heterocycles. The number of rotatable bonds is 6. The first-order chi connectivity index (χ1) is 18.9. The van der Waals surface area contributed by atoms with Crippen LogP contribution in [0.3, 0.4) is 0 Å². The summed E-state index contributed by atoms with van der Waals surface area (Å²) in [5, 5.41) is 5.84. The number of hydrogen-bond donors (Lipinski definition) is 2. The number of fused-ring (bicyclic) bond motifs is 2. The molecule has 3 heterocycles. The van der Waals surface area contributed by atoms with Crippen LogP contribution >= 0.6 is 0 Å². The number of amides is 3. The number of carbonyl (C=O) groups is 3. The fourth-order valence-corrected chi connectivity index (χ4v) is 5.43. The predicted molar refractivity (Wildman–Crippen MR) is 144 cm³/mol. The molecule has 208 valence electrons. The standard InChI is InChI=1S/C29H35N3O7/c1-32-24-8-7-22(16-27(33)30-19-4-3-5-21(14-19)36-2)39-26(24)17-38-25-9-6-20(15-23(25)29(32)35)31-28(34)18-10-12-37-13-11-18/h3-6,9,14-15,18,22,24,26H,7-8,10-13,16-17H2,1-2H3,(H,30,33)(H,31,34)/t22-,24+,26+/m0/s1. The first-order valence-corrected chi connectivity index (χ1v) is 13.4. The lowest BCUT2D eigenvalue weighted by molar-refractivity contribution is -0.130. The van der Waals surface area contributed by atoms with Crippen LogP contribution in [0.4, 0.5) is 11.4 Å². The number of likely N-dealkylation sites (N-methyl/N-ethyl adjacent to an activating group) is 1. The van der Waals surface area contributed by atoms with Crippen LogP contribution in [-0.2, 0) is 19.1 Å². The molecule has 2 aromatic rings. The van der Waals surface area contributed by atoms with Gasteiger partial charge in [0.15, 0.2) is 0 Å².